The molecule has 13 heteroatoms. The van der Waals surface area contributed by atoms with Gasteiger partial charge in [-0.1, -0.05) is 54.6 Å². The first-order chi connectivity index (χ1) is 21.9. The molecule has 1 saturated heterocycles. The second-order valence-electron chi connectivity index (χ2n) is 11.3. The molecule has 4 aromatic rings. The molecule has 4 N–H and O–H groups in total. The van der Waals surface area contributed by atoms with Crippen molar-refractivity contribution in [3.63, 3.8) is 0 Å². The Morgan fingerprint density at radius 1 is 0.870 bits per heavy atom. The number of benzene rings is 3. The molecule has 1 atom stereocenters. The lowest BCUT2D eigenvalue weighted by Gasteiger charge is -2.37. The minimum Gasteiger partial charge on any atom is -0.366 e. The minimum atomic E-state index is -4.87. The largest absolute Gasteiger partial charge is 0.416 e. The smallest absolute Gasteiger partial charge is 0.366 e. The first-order valence-corrected chi connectivity index (χ1v) is 14.7. The minimum absolute atomic E-state index is 0.114. The zero-order chi connectivity index (χ0) is 33.2. The average molecular weight is 639 g/mol. The van der Waals surface area contributed by atoms with Gasteiger partial charge in [0, 0.05) is 55.6 Å². The summed E-state index contributed by atoms with van der Waals surface area (Å²) in [6.07, 6.45) is -4.87. The molecule has 1 fully saturated rings. The Morgan fingerprint density at radius 2 is 1.52 bits per heavy atom. The number of hydrogen-bond acceptors (Lipinski definition) is 6. The lowest BCUT2D eigenvalue weighted by Crippen LogP contribution is -2.51. The Morgan fingerprint density at radius 3 is 2.17 bits per heavy atom. The predicted molar refractivity (Wildman–Crippen MR) is 166 cm³/mol. The van der Waals surface area contributed by atoms with Gasteiger partial charge < -0.3 is 16.4 Å². The number of hydrogen-bond donors (Lipinski definition) is 2. The van der Waals surface area contributed by atoms with E-state index in [1.807, 2.05) is 12.1 Å². The van der Waals surface area contributed by atoms with Crippen molar-refractivity contribution in [3.8, 4) is 0 Å². The highest BCUT2D eigenvalue weighted by Gasteiger charge is 2.35. The molecule has 46 heavy (non-hydrogen) atoms. The molecule has 1 aromatic heterocycles. The maximum Gasteiger partial charge on any atom is 0.416 e. The lowest BCUT2D eigenvalue weighted by atomic mass is 10.1. The number of nitrogens with zero attached hydrogens (tertiary/aromatic N) is 4. The van der Waals surface area contributed by atoms with Crippen molar-refractivity contribution in [1.82, 2.24) is 14.0 Å². The molecule has 0 aliphatic carbocycles. The van der Waals surface area contributed by atoms with Crippen LogP contribution in [0.4, 0.5) is 23.2 Å². The van der Waals surface area contributed by atoms with Crippen molar-refractivity contribution in [3.05, 3.63) is 133 Å². The maximum absolute atomic E-state index is 14.9. The fourth-order valence-electron chi connectivity index (χ4n) is 5.91. The van der Waals surface area contributed by atoms with Gasteiger partial charge in [-0.2, -0.15) is 13.2 Å². The molecule has 0 bridgehead atoms. The first kappa shape index (κ1) is 32.6. The number of alkyl halides is 3. The van der Waals surface area contributed by atoms with E-state index in [2.05, 4.69) is 4.90 Å². The van der Waals surface area contributed by atoms with Crippen LogP contribution < -0.4 is 27.6 Å². The summed E-state index contributed by atoms with van der Waals surface area (Å²) in [7, 11) is 0. The van der Waals surface area contributed by atoms with E-state index in [1.54, 1.807) is 47.4 Å². The van der Waals surface area contributed by atoms with Gasteiger partial charge in [0.15, 0.2) is 0 Å². The van der Waals surface area contributed by atoms with Crippen molar-refractivity contribution < 1.29 is 22.4 Å². The van der Waals surface area contributed by atoms with Crippen LogP contribution in [-0.4, -0.2) is 46.1 Å². The number of anilines is 1. The van der Waals surface area contributed by atoms with Crippen molar-refractivity contribution in [2.24, 2.45) is 11.5 Å². The molecule has 5 rings (SSSR count). The molecule has 2 heterocycles. The summed E-state index contributed by atoms with van der Waals surface area (Å²) in [4.78, 5) is 43.6. The van der Waals surface area contributed by atoms with Gasteiger partial charge in [-0.05, 0) is 36.2 Å². The van der Waals surface area contributed by atoms with Gasteiger partial charge in [0.25, 0.3) is 5.56 Å². The van der Waals surface area contributed by atoms with E-state index in [9.17, 15) is 31.9 Å². The summed E-state index contributed by atoms with van der Waals surface area (Å²) in [5.41, 5.74) is 10.6. The van der Waals surface area contributed by atoms with E-state index in [4.69, 9.17) is 11.5 Å². The predicted octanol–water partition coefficient (Wildman–Crippen LogP) is 3.65. The van der Waals surface area contributed by atoms with Crippen molar-refractivity contribution in [1.29, 1.82) is 0 Å². The highest BCUT2D eigenvalue weighted by atomic mass is 19.4. The van der Waals surface area contributed by atoms with E-state index < -0.39 is 52.9 Å². The Balaban J connectivity index is 1.53. The monoisotopic (exact) mass is 638 g/mol. The number of carbonyl (C=O) groups excluding carboxylic acids is 1. The van der Waals surface area contributed by atoms with Gasteiger partial charge in [0.05, 0.1) is 18.7 Å². The Kier molecular flexibility index (Phi) is 9.44. The van der Waals surface area contributed by atoms with Crippen LogP contribution in [0.15, 0.2) is 82.4 Å². The summed E-state index contributed by atoms with van der Waals surface area (Å²) in [6, 6.07) is 17.7. The van der Waals surface area contributed by atoms with Crippen LogP contribution in [0.3, 0.4) is 0 Å². The maximum atomic E-state index is 14.9. The number of nitrogens with two attached hydrogens (primary N) is 2. The van der Waals surface area contributed by atoms with Crippen LogP contribution in [0.5, 0.6) is 0 Å². The molecular formula is C33H34F4N6O3. The van der Waals surface area contributed by atoms with E-state index in [0.29, 0.717) is 43.9 Å². The van der Waals surface area contributed by atoms with E-state index in [1.165, 1.54) is 6.92 Å². The van der Waals surface area contributed by atoms with Crippen LogP contribution in [0.1, 0.15) is 44.3 Å². The number of rotatable bonds is 9. The molecule has 9 nitrogen and oxygen atoms in total. The van der Waals surface area contributed by atoms with Gasteiger partial charge >= 0.3 is 11.9 Å². The second kappa shape index (κ2) is 13.3. The Labute approximate surface area is 262 Å². The number of carbonyl (C=O) groups is 1. The molecule has 0 radical (unpaired) electrons. The summed E-state index contributed by atoms with van der Waals surface area (Å²) < 4.78 is 58.6. The molecule has 0 saturated carbocycles. The molecule has 0 spiro atoms. The molecule has 1 amide bonds. The highest BCUT2D eigenvalue weighted by Crippen LogP contribution is 2.33. The van der Waals surface area contributed by atoms with Crippen LogP contribution in [0.2, 0.25) is 0 Å². The molecule has 242 valence electrons. The van der Waals surface area contributed by atoms with Gasteiger partial charge in [0.1, 0.15) is 11.5 Å². The average Bonchev–Trinajstić information content (AvgIpc) is 3.03. The summed E-state index contributed by atoms with van der Waals surface area (Å²) in [6.45, 7) is 2.54. The summed E-state index contributed by atoms with van der Waals surface area (Å²) in [5.74, 6) is -1.66. The van der Waals surface area contributed by atoms with E-state index >= 15 is 0 Å². The van der Waals surface area contributed by atoms with Crippen molar-refractivity contribution in [2.75, 3.05) is 31.1 Å². The third kappa shape index (κ3) is 6.75. The highest BCUT2D eigenvalue weighted by molar-refractivity contribution is 5.94. The van der Waals surface area contributed by atoms with E-state index in [0.717, 1.165) is 32.9 Å². The van der Waals surface area contributed by atoms with Gasteiger partial charge in [-0.15, -0.1) is 0 Å². The third-order valence-electron chi connectivity index (χ3n) is 8.37. The number of amides is 1. The molecular weight excluding hydrogens is 604 g/mol. The van der Waals surface area contributed by atoms with Crippen LogP contribution in [0.25, 0.3) is 0 Å². The summed E-state index contributed by atoms with van der Waals surface area (Å²) >= 11 is 0. The van der Waals surface area contributed by atoms with Crippen LogP contribution in [0, 0.1) is 12.7 Å². The number of halogens is 4. The Hall–Kier alpha value is -4.75. The lowest BCUT2D eigenvalue weighted by molar-refractivity contribution is -0.138. The fraction of sp³-hybridized carbons (Fsp3) is 0.303. The Bertz CT molecular complexity index is 1850. The topological polar surface area (TPSA) is 120 Å². The first-order valence-electron chi connectivity index (χ1n) is 14.7. The van der Waals surface area contributed by atoms with E-state index in [-0.39, 0.29) is 17.9 Å². The zero-order valence-corrected chi connectivity index (χ0v) is 25.1. The number of aromatic nitrogens is 2. The van der Waals surface area contributed by atoms with Gasteiger partial charge in [-0.3, -0.25) is 23.6 Å². The quantitative estimate of drug-likeness (QED) is 0.270. The molecule has 0 unspecified atom stereocenters. The zero-order valence-electron chi connectivity index (χ0n) is 25.1. The van der Waals surface area contributed by atoms with Crippen molar-refractivity contribution >= 4 is 11.6 Å². The third-order valence-corrected chi connectivity index (χ3v) is 8.37. The standard InChI is InChI=1S/C33H34F4N6O3/c1-21-29(41-16-14-40(15-17-41)18-23-10-5-6-11-24(23)30(39)44)31(45)43(20-28(38)22-8-3-2-4-9-22)32(46)42(21)19-25-26(33(35,36)37)12-7-13-27(25)34/h2-13,28H,14-20,38H2,1H3,(H2,39,44)/t28-/m1/s1. The normalized spacial score (nSPS) is 14.8. The fourth-order valence-corrected chi connectivity index (χ4v) is 5.91. The molecule has 1 aliphatic heterocycles. The number of primary amides is 1. The van der Waals surface area contributed by atoms with Gasteiger partial charge in [-0.25, -0.2) is 9.18 Å². The van der Waals surface area contributed by atoms with Crippen LogP contribution in [-0.2, 0) is 25.8 Å². The molecule has 3 aromatic carbocycles. The van der Waals surface area contributed by atoms with Crippen LogP contribution >= 0.6 is 0 Å². The number of piperazine rings is 1. The SMILES string of the molecule is Cc1c(N2CCN(Cc3ccccc3C(N)=O)CC2)c(=O)n(C[C@@H](N)c2ccccc2)c(=O)n1Cc1c(F)cccc1C(F)(F)F. The van der Waals surface area contributed by atoms with Gasteiger partial charge in [0.2, 0.25) is 5.91 Å². The second-order valence-corrected chi connectivity index (χ2v) is 11.3. The summed E-state index contributed by atoms with van der Waals surface area (Å²) in [5, 5.41) is 0. The molecule has 1 aliphatic rings. The van der Waals surface area contributed by atoms with Crippen molar-refractivity contribution in [2.45, 2.75) is 38.8 Å².